The van der Waals surface area contributed by atoms with Gasteiger partial charge in [-0.25, -0.2) is 0 Å². The van der Waals surface area contributed by atoms with Gasteiger partial charge in [0.25, 0.3) is 5.91 Å². The van der Waals surface area contributed by atoms with Crippen molar-refractivity contribution in [3.8, 4) is 0 Å². The zero-order valence-electron chi connectivity index (χ0n) is 15.0. The highest BCUT2D eigenvalue weighted by Gasteiger charge is 2.20. The summed E-state index contributed by atoms with van der Waals surface area (Å²) in [5, 5.41) is 2.90. The van der Waals surface area contributed by atoms with Crippen LogP contribution in [0.15, 0.2) is 53.4 Å². The monoisotopic (exact) mass is 368 g/mol. The predicted molar refractivity (Wildman–Crippen MR) is 107 cm³/mol. The van der Waals surface area contributed by atoms with Gasteiger partial charge < -0.3 is 10.2 Å². The van der Waals surface area contributed by atoms with Crippen molar-refractivity contribution in [3.05, 3.63) is 59.7 Å². The summed E-state index contributed by atoms with van der Waals surface area (Å²) in [5.41, 5.74) is 2.64. The number of piperidine rings is 1. The fraction of sp³-hybridized carbons (Fsp3) is 0.333. The van der Waals surface area contributed by atoms with Crippen LogP contribution in [0.25, 0.3) is 0 Å². The van der Waals surface area contributed by atoms with E-state index >= 15 is 0 Å². The lowest BCUT2D eigenvalue weighted by Crippen LogP contribution is -2.35. The van der Waals surface area contributed by atoms with E-state index in [0.717, 1.165) is 42.1 Å². The number of likely N-dealkylation sites (tertiary alicyclic amines) is 1. The lowest BCUT2D eigenvalue weighted by molar-refractivity contribution is -0.113. The van der Waals surface area contributed by atoms with Crippen LogP contribution in [0.2, 0.25) is 0 Å². The highest BCUT2D eigenvalue weighted by atomic mass is 32.2. The molecule has 0 bridgehead atoms. The third kappa shape index (κ3) is 4.88. The summed E-state index contributed by atoms with van der Waals surface area (Å²) in [7, 11) is 0. The molecule has 136 valence electrons. The second kappa shape index (κ2) is 8.90. The van der Waals surface area contributed by atoms with Crippen molar-refractivity contribution in [1.82, 2.24) is 4.90 Å². The van der Waals surface area contributed by atoms with Gasteiger partial charge in [-0.1, -0.05) is 29.8 Å². The maximum absolute atomic E-state index is 12.8. The predicted octanol–water partition coefficient (Wildman–Crippen LogP) is 4.35. The first-order valence-corrected chi connectivity index (χ1v) is 9.99. The molecule has 1 saturated heterocycles. The molecule has 0 spiro atoms. The molecule has 2 amide bonds. The summed E-state index contributed by atoms with van der Waals surface area (Å²) in [4.78, 5) is 27.8. The van der Waals surface area contributed by atoms with Crippen LogP contribution in [0.5, 0.6) is 0 Å². The smallest absolute Gasteiger partial charge is 0.254 e. The molecule has 2 aromatic carbocycles. The fourth-order valence-corrected chi connectivity index (χ4v) is 3.86. The number of rotatable bonds is 5. The third-order valence-electron chi connectivity index (χ3n) is 4.45. The molecule has 0 unspecified atom stereocenters. The molecule has 4 nitrogen and oxygen atoms in total. The number of amides is 2. The summed E-state index contributed by atoms with van der Waals surface area (Å²) < 4.78 is 0. The molecule has 0 aliphatic carbocycles. The van der Waals surface area contributed by atoms with Crippen molar-refractivity contribution >= 4 is 29.3 Å². The Bertz CT molecular complexity index is 768. The van der Waals surface area contributed by atoms with Crippen LogP contribution in [0.3, 0.4) is 0 Å². The highest BCUT2D eigenvalue weighted by molar-refractivity contribution is 8.00. The van der Waals surface area contributed by atoms with Crippen molar-refractivity contribution in [3.63, 3.8) is 0 Å². The van der Waals surface area contributed by atoms with Gasteiger partial charge in [0.2, 0.25) is 5.91 Å². The minimum atomic E-state index is -0.0703. The number of carbonyl (C=O) groups is 2. The number of hydrogen-bond acceptors (Lipinski definition) is 3. The molecule has 2 aromatic rings. The first kappa shape index (κ1) is 18.5. The highest BCUT2D eigenvalue weighted by Crippen LogP contribution is 2.25. The molecule has 1 N–H and O–H groups in total. The lowest BCUT2D eigenvalue weighted by Gasteiger charge is -2.27. The molecule has 1 fully saturated rings. The number of nitrogens with one attached hydrogen (secondary N) is 1. The first-order chi connectivity index (χ1) is 12.6. The van der Waals surface area contributed by atoms with Crippen LogP contribution in [-0.4, -0.2) is 35.6 Å². The van der Waals surface area contributed by atoms with E-state index in [-0.39, 0.29) is 17.6 Å². The number of thioether (sulfide) groups is 1. The van der Waals surface area contributed by atoms with Gasteiger partial charge in [0.1, 0.15) is 0 Å². The van der Waals surface area contributed by atoms with E-state index < -0.39 is 0 Å². The summed E-state index contributed by atoms with van der Waals surface area (Å²) in [5.74, 6) is 0.281. The van der Waals surface area contributed by atoms with Gasteiger partial charge in [0, 0.05) is 23.7 Å². The summed E-state index contributed by atoms with van der Waals surface area (Å²) in [6, 6.07) is 15.3. The molecule has 1 heterocycles. The van der Waals surface area contributed by atoms with Crippen LogP contribution < -0.4 is 5.32 Å². The van der Waals surface area contributed by atoms with Gasteiger partial charge in [0.05, 0.1) is 11.3 Å². The van der Waals surface area contributed by atoms with Crippen molar-refractivity contribution in [2.24, 2.45) is 0 Å². The molecule has 1 aliphatic rings. The van der Waals surface area contributed by atoms with E-state index in [1.54, 1.807) is 0 Å². The van der Waals surface area contributed by atoms with Crippen LogP contribution in [0.1, 0.15) is 35.2 Å². The molecule has 1 aliphatic heterocycles. The Morgan fingerprint density at radius 3 is 2.42 bits per heavy atom. The van der Waals surface area contributed by atoms with E-state index in [0.29, 0.717) is 5.56 Å². The van der Waals surface area contributed by atoms with E-state index in [4.69, 9.17) is 0 Å². The quantitative estimate of drug-likeness (QED) is 0.798. The maximum Gasteiger partial charge on any atom is 0.254 e. The first-order valence-electron chi connectivity index (χ1n) is 9.01. The largest absolute Gasteiger partial charge is 0.339 e. The number of anilines is 1. The molecular weight excluding hydrogens is 344 g/mol. The molecule has 0 radical (unpaired) electrons. The van der Waals surface area contributed by atoms with Crippen LogP contribution in [0.4, 0.5) is 5.69 Å². The summed E-state index contributed by atoms with van der Waals surface area (Å²) >= 11 is 1.41. The van der Waals surface area contributed by atoms with Crippen molar-refractivity contribution in [1.29, 1.82) is 0 Å². The van der Waals surface area contributed by atoms with Crippen LogP contribution in [0, 0.1) is 6.92 Å². The Kier molecular flexibility index (Phi) is 6.34. The van der Waals surface area contributed by atoms with Crippen LogP contribution >= 0.6 is 11.8 Å². The second-order valence-corrected chi connectivity index (χ2v) is 7.57. The number of hydrogen-bond donors (Lipinski definition) is 1. The van der Waals surface area contributed by atoms with Crippen molar-refractivity contribution < 1.29 is 9.59 Å². The molecule has 3 rings (SSSR count). The number of nitrogens with zero attached hydrogens (tertiary/aromatic N) is 1. The van der Waals surface area contributed by atoms with Crippen molar-refractivity contribution in [2.75, 3.05) is 24.2 Å². The minimum absolute atomic E-state index is 0.0703. The summed E-state index contributed by atoms with van der Waals surface area (Å²) in [6.45, 7) is 3.66. The zero-order valence-corrected chi connectivity index (χ0v) is 15.8. The Labute approximate surface area is 159 Å². The number of benzene rings is 2. The Hall–Kier alpha value is -2.27. The lowest BCUT2D eigenvalue weighted by atomic mass is 10.1. The SMILES string of the molecule is Cc1ccc(NC(=O)CSc2ccccc2C(=O)N2CCCCC2)cc1. The molecule has 0 atom stereocenters. The van der Waals surface area contributed by atoms with Gasteiger partial charge in [-0.05, 0) is 50.5 Å². The Balaban J connectivity index is 1.61. The minimum Gasteiger partial charge on any atom is -0.339 e. The number of aryl methyl sites for hydroxylation is 1. The van der Waals surface area contributed by atoms with E-state index in [2.05, 4.69) is 5.32 Å². The second-order valence-electron chi connectivity index (χ2n) is 6.55. The maximum atomic E-state index is 12.8. The topological polar surface area (TPSA) is 49.4 Å². The average Bonchev–Trinajstić information content (AvgIpc) is 2.68. The number of carbonyl (C=O) groups excluding carboxylic acids is 2. The van der Waals surface area contributed by atoms with Gasteiger partial charge in [-0.15, -0.1) is 11.8 Å². The Morgan fingerprint density at radius 1 is 1.00 bits per heavy atom. The van der Waals surface area contributed by atoms with Gasteiger partial charge >= 0.3 is 0 Å². The average molecular weight is 369 g/mol. The summed E-state index contributed by atoms with van der Waals surface area (Å²) in [6.07, 6.45) is 3.33. The van der Waals surface area contributed by atoms with E-state index in [9.17, 15) is 9.59 Å². The van der Waals surface area contributed by atoms with Crippen LogP contribution in [-0.2, 0) is 4.79 Å². The normalized spacial score (nSPS) is 14.1. The third-order valence-corrected chi connectivity index (χ3v) is 5.53. The molecule has 26 heavy (non-hydrogen) atoms. The standard InChI is InChI=1S/C21H24N2O2S/c1-16-9-11-17(12-10-16)22-20(24)15-26-19-8-4-3-7-18(19)21(25)23-13-5-2-6-14-23/h3-4,7-12H,2,5-6,13-15H2,1H3,(H,22,24). The molecule has 0 saturated carbocycles. The molecule has 0 aromatic heterocycles. The molecule has 5 heteroatoms. The van der Waals surface area contributed by atoms with Gasteiger partial charge in [-0.2, -0.15) is 0 Å². The van der Waals surface area contributed by atoms with Crippen molar-refractivity contribution in [2.45, 2.75) is 31.1 Å². The van der Waals surface area contributed by atoms with Gasteiger partial charge in [0.15, 0.2) is 0 Å². The van der Waals surface area contributed by atoms with E-state index in [1.807, 2.05) is 60.4 Å². The fourth-order valence-electron chi connectivity index (χ4n) is 3.01. The van der Waals surface area contributed by atoms with E-state index in [1.165, 1.54) is 18.2 Å². The zero-order chi connectivity index (χ0) is 18.4. The molecular formula is C21H24N2O2S. The van der Waals surface area contributed by atoms with Gasteiger partial charge in [-0.3, -0.25) is 9.59 Å². The Morgan fingerprint density at radius 2 is 1.69 bits per heavy atom.